The summed E-state index contributed by atoms with van der Waals surface area (Å²) in [6, 6.07) is 3.67. The summed E-state index contributed by atoms with van der Waals surface area (Å²) in [7, 11) is 0. The van der Waals surface area contributed by atoms with E-state index in [0.717, 1.165) is 16.3 Å². The summed E-state index contributed by atoms with van der Waals surface area (Å²) >= 11 is 7.33. The average Bonchev–Trinajstić information content (AvgIpc) is 2.66. The molecule has 14 heavy (non-hydrogen) atoms. The molecule has 2 rings (SSSR count). The molecule has 0 aliphatic rings. The lowest BCUT2D eigenvalue weighted by Crippen LogP contribution is -1.95. The minimum absolute atomic E-state index is 0.468. The molecule has 0 bridgehead atoms. The number of pyridine rings is 1. The van der Waals surface area contributed by atoms with E-state index < -0.39 is 0 Å². The lowest BCUT2D eigenvalue weighted by atomic mass is 10.3. The number of hydrogen-bond donors (Lipinski definition) is 1. The number of aromatic nitrogens is 2. The summed E-state index contributed by atoms with van der Waals surface area (Å²) in [4.78, 5) is 8.26. The standard InChI is InChI=1S/C9H8ClN3S/c10-8-3-6(1-2-12-8)9-13-7(4-11)5-14-9/h1-3,5H,4,11H2. The number of hydrogen-bond acceptors (Lipinski definition) is 4. The molecule has 0 fully saturated rings. The normalized spacial score (nSPS) is 10.4. The Morgan fingerprint density at radius 1 is 1.50 bits per heavy atom. The molecule has 0 unspecified atom stereocenters. The van der Waals surface area contributed by atoms with Gasteiger partial charge in [0.15, 0.2) is 0 Å². The molecule has 0 atom stereocenters. The van der Waals surface area contributed by atoms with E-state index in [2.05, 4.69) is 9.97 Å². The highest BCUT2D eigenvalue weighted by molar-refractivity contribution is 7.13. The van der Waals surface area contributed by atoms with Crippen LogP contribution >= 0.6 is 22.9 Å². The van der Waals surface area contributed by atoms with E-state index in [-0.39, 0.29) is 0 Å². The van der Waals surface area contributed by atoms with Crippen LogP contribution < -0.4 is 5.73 Å². The molecule has 0 spiro atoms. The molecule has 0 saturated heterocycles. The zero-order valence-corrected chi connectivity index (χ0v) is 8.85. The fourth-order valence-corrected chi connectivity index (χ4v) is 2.07. The van der Waals surface area contributed by atoms with Crippen LogP contribution in [0.15, 0.2) is 23.7 Å². The monoisotopic (exact) mass is 225 g/mol. The number of rotatable bonds is 2. The molecule has 0 aliphatic carbocycles. The second kappa shape index (κ2) is 4.04. The largest absolute Gasteiger partial charge is 0.325 e. The third kappa shape index (κ3) is 1.92. The van der Waals surface area contributed by atoms with Crippen LogP contribution in [0.5, 0.6) is 0 Å². The van der Waals surface area contributed by atoms with Gasteiger partial charge in [-0.25, -0.2) is 9.97 Å². The summed E-state index contributed by atoms with van der Waals surface area (Å²) in [6.45, 7) is 0.468. The van der Waals surface area contributed by atoms with E-state index in [1.54, 1.807) is 23.6 Å². The van der Waals surface area contributed by atoms with E-state index in [0.29, 0.717) is 11.7 Å². The van der Waals surface area contributed by atoms with Crippen molar-refractivity contribution in [2.45, 2.75) is 6.54 Å². The lowest BCUT2D eigenvalue weighted by Gasteiger charge is -1.95. The Bertz CT molecular complexity index is 441. The van der Waals surface area contributed by atoms with Crippen molar-refractivity contribution < 1.29 is 0 Å². The Kier molecular flexibility index (Phi) is 2.77. The van der Waals surface area contributed by atoms with Crippen molar-refractivity contribution in [1.29, 1.82) is 0 Å². The third-order valence-corrected chi connectivity index (χ3v) is 2.88. The second-order valence-electron chi connectivity index (χ2n) is 2.72. The molecule has 3 nitrogen and oxygen atoms in total. The summed E-state index contributed by atoms with van der Waals surface area (Å²) in [6.07, 6.45) is 1.67. The number of halogens is 1. The third-order valence-electron chi connectivity index (χ3n) is 1.73. The topological polar surface area (TPSA) is 51.8 Å². The first kappa shape index (κ1) is 9.58. The van der Waals surface area contributed by atoms with Crippen LogP contribution in [0, 0.1) is 0 Å². The van der Waals surface area contributed by atoms with Crippen LogP contribution in [-0.4, -0.2) is 9.97 Å². The predicted octanol–water partition coefficient (Wildman–Crippen LogP) is 2.32. The lowest BCUT2D eigenvalue weighted by molar-refractivity contribution is 1.01. The Morgan fingerprint density at radius 2 is 2.36 bits per heavy atom. The molecule has 0 amide bonds. The molecule has 5 heteroatoms. The maximum Gasteiger partial charge on any atom is 0.129 e. The van der Waals surface area contributed by atoms with Gasteiger partial charge in [-0.1, -0.05) is 11.6 Å². The van der Waals surface area contributed by atoms with Gasteiger partial charge in [0, 0.05) is 23.7 Å². The van der Waals surface area contributed by atoms with E-state index in [1.807, 2.05) is 11.4 Å². The van der Waals surface area contributed by atoms with E-state index in [9.17, 15) is 0 Å². The molecular formula is C9H8ClN3S. The number of nitrogens with two attached hydrogens (primary N) is 1. The minimum atomic E-state index is 0.468. The Balaban J connectivity index is 2.39. The predicted molar refractivity (Wildman–Crippen MR) is 58.2 cm³/mol. The fraction of sp³-hybridized carbons (Fsp3) is 0.111. The minimum Gasteiger partial charge on any atom is -0.325 e. The molecule has 2 N–H and O–H groups in total. The van der Waals surface area contributed by atoms with Gasteiger partial charge in [0.1, 0.15) is 10.2 Å². The highest BCUT2D eigenvalue weighted by Gasteiger charge is 2.03. The molecular weight excluding hydrogens is 218 g/mol. The first-order valence-electron chi connectivity index (χ1n) is 4.06. The highest BCUT2D eigenvalue weighted by Crippen LogP contribution is 2.24. The van der Waals surface area contributed by atoms with E-state index in [1.165, 1.54) is 0 Å². The van der Waals surface area contributed by atoms with Crippen molar-refractivity contribution in [2.75, 3.05) is 0 Å². The van der Waals surface area contributed by atoms with Gasteiger partial charge in [-0.2, -0.15) is 0 Å². The van der Waals surface area contributed by atoms with Gasteiger partial charge in [-0.05, 0) is 12.1 Å². The van der Waals surface area contributed by atoms with Crippen LogP contribution in [0.4, 0.5) is 0 Å². The SMILES string of the molecule is NCc1csc(-c2ccnc(Cl)c2)n1. The van der Waals surface area contributed by atoms with Crippen molar-refractivity contribution in [3.05, 3.63) is 34.6 Å². The van der Waals surface area contributed by atoms with Crippen LogP contribution in [0.1, 0.15) is 5.69 Å². The Labute approximate surface area is 90.6 Å². The van der Waals surface area contributed by atoms with Gasteiger partial charge in [0.25, 0.3) is 0 Å². The second-order valence-corrected chi connectivity index (χ2v) is 3.96. The smallest absolute Gasteiger partial charge is 0.129 e. The first-order chi connectivity index (χ1) is 6.79. The zero-order valence-electron chi connectivity index (χ0n) is 7.27. The quantitative estimate of drug-likeness (QED) is 0.799. The summed E-state index contributed by atoms with van der Waals surface area (Å²) < 4.78 is 0. The molecule has 2 heterocycles. The Morgan fingerprint density at radius 3 is 3.00 bits per heavy atom. The van der Waals surface area contributed by atoms with Crippen molar-refractivity contribution in [2.24, 2.45) is 5.73 Å². The van der Waals surface area contributed by atoms with Gasteiger partial charge >= 0.3 is 0 Å². The average molecular weight is 226 g/mol. The summed E-state index contributed by atoms with van der Waals surface area (Å²) in [5.41, 5.74) is 7.36. The maximum atomic E-state index is 5.78. The molecule has 2 aromatic rings. The summed E-state index contributed by atoms with van der Waals surface area (Å²) in [5, 5.41) is 3.35. The number of nitrogens with zero attached hydrogens (tertiary/aromatic N) is 2. The van der Waals surface area contributed by atoms with Crippen LogP contribution in [0.25, 0.3) is 10.6 Å². The van der Waals surface area contributed by atoms with Gasteiger partial charge in [0.05, 0.1) is 5.69 Å². The Hall–Kier alpha value is -0.970. The van der Waals surface area contributed by atoms with Gasteiger partial charge < -0.3 is 5.73 Å². The molecule has 0 saturated carbocycles. The van der Waals surface area contributed by atoms with Crippen LogP contribution in [0.2, 0.25) is 5.15 Å². The maximum absolute atomic E-state index is 5.78. The molecule has 72 valence electrons. The van der Waals surface area contributed by atoms with Crippen molar-refractivity contribution in [3.63, 3.8) is 0 Å². The van der Waals surface area contributed by atoms with Crippen LogP contribution in [-0.2, 0) is 6.54 Å². The van der Waals surface area contributed by atoms with E-state index >= 15 is 0 Å². The highest BCUT2D eigenvalue weighted by atomic mass is 35.5. The van der Waals surface area contributed by atoms with Crippen molar-refractivity contribution >= 4 is 22.9 Å². The number of thiazole rings is 1. The summed E-state index contributed by atoms with van der Waals surface area (Å²) in [5.74, 6) is 0. The molecule has 0 aromatic carbocycles. The fourth-order valence-electron chi connectivity index (χ4n) is 1.07. The molecule has 2 aromatic heterocycles. The van der Waals surface area contributed by atoms with Gasteiger partial charge in [-0.15, -0.1) is 11.3 Å². The van der Waals surface area contributed by atoms with Crippen LogP contribution in [0.3, 0.4) is 0 Å². The molecule has 0 radical (unpaired) electrons. The molecule has 0 aliphatic heterocycles. The van der Waals surface area contributed by atoms with Gasteiger partial charge in [0.2, 0.25) is 0 Å². The van der Waals surface area contributed by atoms with E-state index in [4.69, 9.17) is 17.3 Å². The van der Waals surface area contributed by atoms with Gasteiger partial charge in [-0.3, -0.25) is 0 Å². The van der Waals surface area contributed by atoms with Crippen molar-refractivity contribution in [3.8, 4) is 10.6 Å². The first-order valence-corrected chi connectivity index (χ1v) is 5.32. The zero-order chi connectivity index (χ0) is 9.97. The van der Waals surface area contributed by atoms with Crippen molar-refractivity contribution in [1.82, 2.24) is 9.97 Å².